The average Bonchev–Trinajstić information content (AvgIpc) is 3.26. The highest BCUT2D eigenvalue weighted by Gasteiger charge is 2.62. The van der Waals surface area contributed by atoms with Crippen LogP contribution in [0.5, 0.6) is 0 Å². The Bertz CT molecular complexity index is 538. The predicted octanol–water partition coefficient (Wildman–Crippen LogP) is 3.72. The van der Waals surface area contributed by atoms with Crippen LogP contribution in [0.4, 0.5) is 0 Å². The van der Waals surface area contributed by atoms with Crippen molar-refractivity contribution in [2.75, 3.05) is 0 Å². The van der Waals surface area contributed by atoms with E-state index >= 15 is 0 Å². The number of ether oxygens (including phenoxy) is 1. The van der Waals surface area contributed by atoms with E-state index in [9.17, 15) is 9.32 Å². The van der Waals surface area contributed by atoms with Crippen LogP contribution in [0.15, 0.2) is 41.3 Å². The van der Waals surface area contributed by atoms with Gasteiger partial charge in [0.1, 0.15) is 6.10 Å². The fourth-order valence-electron chi connectivity index (χ4n) is 2.55. The largest absolute Gasteiger partial charge is 0.390 e. The minimum Gasteiger partial charge on any atom is -0.390 e. The molecule has 0 aliphatic carbocycles. The molecule has 22 heavy (non-hydrogen) atoms. The van der Waals surface area contributed by atoms with Crippen molar-refractivity contribution in [2.45, 2.75) is 68.5 Å². The zero-order valence-corrected chi connectivity index (χ0v) is 14.4. The van der Waals surface area contributed by atoms with Gasteiger partial charge in [0, 0.05) is 4.90 Å². The molecule has 1 aliphatic rings. The van der Waals surface area contributed by atoms with Gasteiger partial charge in [0.2, 0.25) is 0 Å². The van der Waals surface area contributed by atoms with E-state index in [0.717, 1.165) is 29.7 Å². The molecular formula is C18H26O3S. The Kier molecular flexibility index (Phi) is 5.95. The molecule has 1 N–H and O–H groups in total. The van der Waals surface area contributed by atoms with E-state index < -0.39 is 21.8 Å². The smallest absolute Gasteiger partial charge is 0.194 e. The highest BCUT2D eigenvalue weighted by atomic mass is 32.2. The number of allylic oxidation sites excluding steroid dienone is 1. The lowest BCUT2D eigenvalue weighted by Gasteiger charge is -2.12. The summed E-state index contributed by atoms with van der Waals surface area (Å²) >= 11 is 0. The number of hydrogen-bond donors (Lipinski definition) is 1. The number of unbranched alkanes of at least 4 members (excludes halogenated alkanes) is 1. The third kappa shape index (κ3) is 3.67. The first kappa shape index (κ1) is 17.4. The van der Waals surface area contributed by atoms with Crippen molar-refractivity contribution in [3.05, 3.63) is 42.0 Å². The molecule has 2 rings (SSSR count). The first-order valence-corrected chi connectivity index (χ1v) is 9.22. The van der Waals surface area contributed by atoms with Crippen LogP contribution in [-0.4, -0.2) is 26.5 Å². The third-order valence-electron chi connectivity index (χ3n) is 3.96. The van der Waals surface area contributed by atoms with Gasteiger partial charge in [0.25, 0.3) is 0 Å². The lowest BCUT2D eigenvalue weighted by atomic mass is 10.1. The average molecular weight is 322 g/mol. The number of aliphatic hydroxyl groups excluding tert-OH is 1. The molecule has 1 unspecified atom stereocenters. The number of epoxide rings is 1. The topological polar surface area (TPSA) is 49.8 Å². The van der Waals surface area contributed by atoms with Crippen molar-refractivity contribution in [3.63, 3.8) is 0 Å². The van der Waals surface area contributed by atoms with Gasteiger partial charge >= 0.3 is 0 Å². The van der Waals surface area contributed by atoms with Crippen LogP contribution in [0.25, 0.3) is 0 Å². The van der Waals surface area contributed by atoms with Gasteiger partial charge < -0.3 is 9.84 Å². The maximum absolute atomic E-state index is 13.0. The molecule has 0 saturated carbocycles. The second-order valence-corrected chi connectivity index (χ2v) is 7.51. The van der Waals surface area contributed by atoms with E-state index in [4.69, 9.17) is 4.74 Å². The van der Waals surface area contributed by atoms with Gasteiger partial charge in [0.15, 0.2) is 4.93 Å². The van der Waals surface area contributed by atoms with Crippen molar-refractivity contribution in [2.24, 2.45) is 0 Å². The number of aryl methyl sites for hydroxylation is 1. The summed E-state index contributed by atoms with van der Waals surface area (Å²) in [7, 11) is -1.32. The molecule has 1 heterocycles. The third-order valence-corrected chi connectivity index (χ3v) is 5.71. The summed E-state index contributed by atoms with van der Waals surface area (Å²) in [6.07, 6.45) is 6.44. The van der Waals surface area contributed by atoms with E-state index in [1.165, 1.54) is 0 Å². The highest BCUT2D eigenvalue weighted by Crippen LogP contribution is 2.46. The van der Waals surface area contributed by atoms with Crippen LogP contribution in [0.2, 0.25) is 0 Å². The second-order valence-electron chi connectivity index (χ2n) is 5.86. The molecule has 4 heteroatoms. The highest BCUT2D eigenvalue weighted by molar-refractivity contribution is 7.86. The molecule has 0 bridgehead atoms. The van der Waals surface area contributed by atoms with Crippen molar-refractivity contribution < 1.29 is 14.1 Å². The molecule has 1 aromatic rings. The summed E-state index contributed by atoms with van der Waals surface area (Å²) < 4.78 is 18.7. The minimum atomic E-state index is -1.32. The normalized spacial score (nSPS) is 27.0. The van der Waals surface area contributed by atoms with E-state index in [1.807, 2.05) is 50.3 Å². The molecule has 1 aromatic carbocycles. The standard InChI is InChI=1S/C18H26O3S/c1-4-6-8-16(19)17-18(21-17,13-7-5-2)22(20)15-11-9-14(3)10-12-15/h7,9-13,16-17,19H,4-6,8H2,1-3H3/b13-7+/t16-,17+,18-,22?/m0/s1. The van der Waals surface area contributed by atoms with Gasteiger partial charge in [-0.15, -0.1) is 0 Å². The number of benzene rings is 1. The fourth-order valence-corrected chi connectivity index (χ4v) is 4.08. The van der Waals surface area contributed by atoms with Gasteiger partial charge in [-0.3, -0.25) is 4.21 Å². The van der Waals surface area contributed by atoms with Crippen LogP contribution in [-0.2, 0) is 15.5 Å². The lowest BCUT2D eigenvalue weighted by molar-refractivity contribution is 0.124. The molecule has 0 spiro atoms. The summed E-state index contributed by atoms with van der Waals surface area (Å²) in [5.74, 6) is 0. The van der Waals surface area contributed by atoms with E-state index in [-0.39, 0.29) is 6.10 Å². The Balaban J connectivity index is 2.19. The Morgan fingerprint density at radius 1 is 1.36 bits per heavy atom. The maximum atomic E-state index is 13.0. The van der Waals surface area contributed by atoms with E-state index in [1.54, 1.807) is 0 Å². The fraction of sp³-hybridized carbons (Fsp3) is 0.556. The Morgan fingerprint density at radius 3 is 2.64 bits per heavy atom. The summed E-state index contributed by atoms with van der Waals surface area (Å²) in [6.45, 7) is 6.13. The molecule has 122 valence electrons. The summed E-state index contributed by atoms with van der Waals surface area (Å²) in [6, 6.07) is 7.67. The lowest BCUT2D eigenvalue weighted by Crippen LogP contribution is -2.27. The summed E-state index contributed by atoms with van der Waals surface area (Å²) in [5, 5.41) is 10.3. The van der Waals surface area contributed by atoms with Crippen LogP contribution in [0, 0.1) is 6.92 Å². The molecule has 1 fully saturated rings. The Labute approximate surface area is 135 Å². The van der Waals surface area contributed by atoms with Gasteiger partial charge in [-0.05, 0) is 38.0 Å². The quantitative estimate of drug-likeness (QED) is 0.586. The van der Waals surface area contributed by atoms with Gasteiger partial charge in [-0.25, -0.2) is 0 Å². The monoisotopic (exact) mass is 322 g/mol. The second kappa shape index (κ2) is 7.53. The van der Waals surface area contributed by atoms with Gasteiger partial charge in [-0.2, -0.15) is 0 Å². The zero-order valence-electron chi connectivity index (χ0n) is 13.6. The Morgan fingerprint density at radius 2 is 2.05 bits per heavy atom. The van der Waals surface area contributed by atoms with Crippen molar-refractivity contribution in [1.29, 1.82) is 0 Å². The van der Waals surface area contributed by atoms with Crippen LogP contribution in [0.1, 0.15) is 45.1 Å². The van der Waals surface area contributed by atoms with E-state index in [2.05, 4.69) is 6.92 Å². The zero-order chi connectivity index (χ0) is 16.2. The molecular weight excluding hydrogens is 296 g/mol. The predicted molar refractivity (Wildman–Crippen MR) is 90.2 cm³/mol. The molecule has 0 amide bonds. The van der Waals surface area contributed by atoms with Crippen LogP contribution < -0.4 is 0 Å². The van der Waals surface area contributed by atoms with Crippen LogP contribution in [0.3, 0.4) is 0 Å². The number of rotatable bonds is 8. The van der Waals surface area contributed by atoms with Crippen molar-refractivity contribution in [1.82, 2.24) is 0 Å². The molecule has 0 aromatic heterocycles. The minimum absolute atomic E-state index is 0.371. The van der Waals surface area contributed by atoms with Crippen LogP contribution >= 0.6 is 0 Å². The molecule has 4 atom stereocenters. The van der Waals surface area contributed by atoms with Crippen molar-refractivity contribution in [3.8, 4) is 0 Å². The molecule has 3 nitrogen and oxygen atoms in total. The number of aliphatic hydroxyl groups is 1. The molecule has 0 radical (unpaired) electrons. The maximum Gasteiger partial charge on any atom is 0.194 e. The SMILES string of the molecule is CC/C=C/[C@@]1(S(=O)c2ccc(C)cc2)O[C@@H]1[C@@H](O)CCCC. The Hall–Kier alpha value is -0.970. The molecule has 1 saturated heterocycles. The molecule has 1 aliphatic heterocycles. The van der Waals surface area contributed by atoms with Crippen molar-refractivity contribution >= 4 is 10.8 Å². The van der Waals surface area contributed by atoms with Gasteiger partial charge in [-0.1, -0.05) is 50.5 Å². The summed E-state index contributed by atoms with van der Waals surface area (Å²) in [5.41, 5.74) is 1.13. The first-order valence-electron chi connectivity index (χ1n) is 8.07. The van der Waals surface area contributed by atoms with E-state index in [0.29, 0.717) is 6.42 Å². The summed E-state index contributed by atoms with van der Waals surface area (Å²) in [4.78, 5) is -0.116. The first-order chi connectivity index (χ1) is 10.5. The van der Waals surface area contributed by atoms with Gasteiger partial charge in [0.05, 0.1) is 16.9 Å². The number of hydrogen-bond acceptors (Lipinski definition) is 3.